The zero-order chi connectivity index (χ0) is 22.8. The lowest BCUT2D eigenvalue weighted by Gasteiger charge is -2.26. The minimum atomic E-state index is -0.652. The van der Waals surface area contributed by atoms with Crippen molar-refractivity contribution in [1.29, 1.82) is 0 Å². The van der Waals surface area contributed by atoms with Gasteiger partial charge < -0.3 is 14.7 Å². The van der Waals surface area contributed by atoms with Crippen LogP contribution in [0.2, 0.25) is 0 Å². The van der Waals surface area contributed by atoms with E-state index in [1.54, 1.807) is 24.1 Å². The number of ketones is 1. The number of methoxy groups -OCH3 is 1. The number of likely N-dealkylation sites (tertiary alicyclic amines) is 1. The van der Waals surface area contributed by atoms with E-state index in [1.165, 1.54) is 0 Å². The molecule has 31 heavy (non-hydrogen) atoms. The molecule has 0 spiro atoms. The van der Waals surface area contributed by atoms with Crippen LogP contribution in [0.4, 0.5) is 0 Å². The van der Waals surface area contributed by atoms with Crippen LogP contribution >= 0.6 is 0 Å². The van der Waals surface area contributed by atoms with Gasteiger partial charge in [-0.05, 0) is 29.9 Å². The van der Waals surface area contributed by atoms with Crippen LogP contribution in [0.5, 0.6) is 0 Å². The Bertz CT molecular complexity index is 982. The van der Waals surface area contributed by atoms with Crippen molar-refractivity contribution in [3.63, 3.8) is 0 Å². The third-order valence-corrected chi connectivity index (χ3v) is 5.70. The number of carbonyl (C=O) groups is 2. The highest BCUT2D eigenvalue weighted by atomic mass is 16.5. The third kappa shape index (κ3) is 4.72. The highest BCUT2D eigenvalue weighted by Crippen LogP contribution is 2.40. The Morgan fingerprint density at radius 2 is 1.65 bits per heavy atom. The molecule has 5 heteroatoms. The molecule has 2 aromatic carbocycles. The number of carbonyl (C=O) groups excluding carboxylic acids is 2. The molecule has 1 aliphatic heterocycles. The number of benzene rings is 2. The number of hydrogen-bond acceptors (Lipinski definition) is 4. The maximum atomic E-state index is 13.0. The number of aliphatic hydroxyl groups is 1. The molecule has 0 aliphatic carbocycles. The molecular formula is C26H31NO4. The van der Waals surface area contributed by atoms with Crippen molar-refractivity contribution in [3.05, 3.63) is 76.4 Å². The van der Waals surface area contributed by atoms with Crippen molar-refractivity contribution in [2.24, 2.45) is 0 Å². The SMILES string of the molecule is COCCCN1C(=O)C(=O)C(=C(O)c2ccc(C)cc2)[C@H]1c1ccc(C(C)(C)C)cc1. The van der Waals surface area contributed by atoms with Crippen LogP contribution < -0.4 is 0 Å². The number of nitrogens with zero attached hydrogens (tertiary/aromatic N) is 1. The summed E-state index contributed by atoms with van der Waals surface area (Å²) in [4.78, 5) is 27.4. The minimum absolute atomic E-state index is 0.0132. The first-order valence-electron chi connectivity index (χ1n) is 10.6. The first-order chi connectivity index (χ1) is 14.6. The van der Waals surface area contributed by atoms with Gasteiger partial charge in [0.2, 0.25) is 0 Å². The second kappa shape index (κ2) is 9.06. The Labute approximate surface area is 184 Å². The number of hydrogen-bond donors (Lipinski definition) is 1. The van der Waals surface area contributed by atoms with Gasteiger partial charge >= 0.3 is 0 Å². The lowest BCUT2D eigenvalue weighted by atomic mass is 9.85. The predicted octanol–water partition coefficient (Wildman–Crippen LogP) is 4.75. The second-order valence-corrected chi connectivity index (χ2v) is 9.08. The molecule has 1 heterocycles. The maximum Gasteiger partial charge on any atom is 0.295 e. The van der Waals surface area contributed by atoms with E-state index < -0.39 is 17.7 Å². The van der Waals surface area contributed by atoms with Crippen LogP contribution in [-0.4, -0.2) is 42.0 Å². The van der Waals surface area contributed by atoms with Gasteiger partial charge in [0, 0.05) is 25.8 Å². The summed E-state index contributed by atoms with van der Waals surface area (Å²) in [6, 6.07) is 14.6. The number of ether oxygens (including phenoxy) is 1. The van der Waals surface area contributed by atoms with Crippen LogP contribution in [0, 0.1) is 6.92 Å². The van der Waals surface area contributed by atoms with E-state index in [0.29, 0.717) is 25.1 Å². The Morgan fingerprint density at radius 3 is 2.19 bits per heavy atom. The number of amides is 1. The number of aryl methyl sites for hydroxylation is 1. The zero-order valence-electron chi connectivity index (χ0n) is 18.9. The molecule has 2 aromatic rings. The molecular weight excluding hydrogens is 390 g/mol. The van der Waals surface area contributed by atoms with Gasteiger partial charge in [-0.1, -0.05) is 74.9 Å². The Hall–Kier alpha value is -2.92. The van der Waals surface area contributed by atoms with Crippen LogP contribution in [-0.2, 0) is 19.7 Å². The first kappa shape index (κ1) is 22.8. The Balaban J connectivity index is 2.11. The van der Waals surface area contributed by atoms with Gasteiger partial charge in [-0.2, -0.15) is 0 Å². The lowest BCUT2D eigenvalue weighted by Crippen LogP contribution is -2.31. The smallest absolute Gasteiger partial charge is 0.295 e. The first-order valence-corrected chi connectivity index (χ1v) is 10.6. The van der Waals surface area contributed by atoms with Crippen LogP contribution in [0.3, 0.4) is 0 Å². The highest BCUT2D eigenvalue weighted by Gasteiger charge is 2.45. The summed E-state index contributed by atoms with van der Waals surface area (Å²) >= 11 is 0. The molecule has 0 aromatic heterocycles. The second-order valence-electron chi connectivity index (χ2n) is 9.08. The average molecular weight is 422 g/mol. The molecule has 164 valence electrons. The molecule has 5 nitrogen and oxygen atoms in total. The van der Waals surface area contributed by atoms with Gasteiger partial charge in [0.15, 0.2) is 0 Å². The average Bonchev–Trinajstić information content (AvgIpc) is 2.98. The quantitative estimate of drug-likeness (QED) is 0.316. The van der Waals surface area contributed by atoms with Crippen LogP contribution in [0.1, 0.15) is 55.5 Å². The van der Waals surface area contributed by atoms with E-state index in [0.717, 1.165) is 16.7 Å². The summed E-state index contributed by atoms with van der Waals surface area (Å²) in [7, 11) is 1.61. The monoisotopic (exact) mass is 421 g/mol. The normalized spacial score (nSPS) is 18.6. The topological polar surface area (TPSA) is 66.8 Å². The predicted molar refractivity (Wildman–Crippen MR) is 122 cm³/mol. The number of rotatable bonds is 6. The Morgan fingerprint density at radius 1 is 1.03 bits per heavy atom. The summed E-state index contributed by atoms with van der Waals surface area (Å²) in [6.45, 7) is 9.21. The molecule has 1 amide bonds. The molecule has 0 saturated carbocycles. The minimum Gasteiger partial charge on any atom is -0.507 e. The fraction of sp³-hybridized carbons (Fsp3) is 0.385. The molecule has 0 unspecified atom stereocenters. The summed E-state index contributed by atoms with van der Waals surface area (Å²) < 4.78 is 5.13. The van der Waals surface area contributed by atoms with Gasteiger partial charge in [0.25, 0.3) is 11.7 Å². The van der Waals surface area contributed by atoms with E-state index in [2.05, 4.69) is 20.8 Å². The molecule has 1 saturated heterocycles. The molecule has 1 N–H and O–H groups in total. The number of Topliss-reactive ketones (excluding diaryl/α,β-unsaturated/α-hetero) is 1. The highest BCUT2D eigenvalue weighted by molar-refractivity contribution is 6.46. The largest absolute Gasteiger partial charge is 0.507 e. The van der Waals surface area contributed by atoms with E-state index in [4.69, 9.17) is 4.74 Å². The molecule has 1 atom stereocenters. The molecule has 1 aliphatic rings. The van der Waals surface area contributed by atoms with Crippen molar-refractivity contribution < 1.29 is 19.4 Å². The summed E-state index contributed by atoms with van der Waals surface area (Å²) in [6.07, 6.45) is 0.602. The van der Waals surface area contributed by atoms with Crippen molar-refractivity contribution >= 4 is 17.4 Å². The van der Waals surface area contributed by atoms with Gasteiger partial charge in [-0.15, -0.1) is 0 Å². The van der Waals surface area contributed by atoms with Crippen molar-refractivity contribution in [3.8, 4) is 0 Å². The van der Waals surface area contributed by atoms with E-state index >= 15 is 0 Å². The summed E-state index contributed by atoms with van der Waals surface area (Å²) in [5, 5.41) is 11.1. The third-order valence-electron chi connectivity index (χ3n) is 5.70. The van der Waals surface area contributed by atoms with Gasteiger partial charge in [0.05, 0.1) is 11.6 Å². The van der Waals surface area contributed by atoms with E-state index in [-0.39, 0.29) is 16.7 Å². The van der Waals surface area contributed by atoms with E-state index in [9.17, 15) is 14.7 Å². The van der Waals surface area contributed by atoms with Crippen molar-refractivity contribution in [2.45, 2.75) is 45.6 Å². The van der Waals surface area contributed by atoms with E-state index in [1.807, 2.05) is 43.3 Å². The number of aliphatic hydroxyl groups excluding tert-OH is 1. The van der Waals surface area contributed by atoms with Gasteiger partial charge in [-0.3, -0.25) is 9.59 Å². The molecule has 1 fully saturated rings. The standard InChI is InChI=1S/C26H31NO4/c1-17-7-9-19(10-8-17)23(28)21-22(18-11-13-20(14-12-18)26(2,3)4)27(15-6-16-31-5)25(30)24(21)29/h7-14,22,28H,6,15-16H2,1-5H3/t22-/m1/s1. The van der Waals surface area contributed by atoms with Crippen LogP contribution in [0.15, 0.2) is 54.1 Å². The maximum absolute atomic E-state index is 13.0. The summed E-state index contributed by atoms with van der Waals surface area (Å²) in [5.74, 6) is -1.38. The molecule has 3 rings (SSSR count). The lowest BCUT2D eigenvalue weighted by molar-refractivity contribution is -0.140. The fourth-order valence-electron chi connectivity index (χ4n) is 3.87. The van der Waals surface area contributed by atoms with Crippen molar-refractivity contribution in [1.82, 2.24) is 4.90 Å². The van der Waals surface area contributed by atoms with Crippen molar-refractivity contribution in [2.75, 3.05) is 20.3 Å². The Kier molecular flexibility index (Phi) is 6.65. The fourth-order valence-corrected chi connectivity index (χ4v) is 3.87. The molecule has 0 radical (unpaired) electrons. The molecule has 0 bridgehead atoms. The van der Waals surface area contributed by atoms with Gasteiger partial charge in [0.1, 0.15) is 5.76 Å². The zero-order valence-corrected chi connectivity index (χ0v) is 18.9. The van der Waals surface area contributed by atoms with Gasteiger partial charge in [-0.25, -0.2) is 0 Å². The summed E-state index contributed by atoms with van der Waals surface area (Å²) in [5.41, 5.74) is 3.66. The van der Waals surface area contributed by atoms with Crippen LogP contribution in [0.25, 0.3) is 5.76 Å².